The van der Waals surface area contributed by atoms with Crippen LogP contribution in [0.4, 0.5) is 15.9 Å². The smallest absolute Gasteiger partial charge is 0.319 e. The van der Waals surface area contributed by atoms with Gasteiger partial charge in [0.25, 0.3) is 5.91 Å². The third-order valence-corrected chi connectivity index (χ3v) is 15.6. The summed E-state index contributed by atoms with van der Waals surface area (Å²) in [6.45, 7) is 15.8. The van der Waals surface area contributed by atoms with Gasteiger partial charge in [0.2, 0.25) is 18.2 Å². The molecule has 15 nitrogen and oxygen atoms in total. The summed E-state index contributed by atoms with van der Waals surface area (Å²) in [5, 5.41) is 7.86. The summed E-state index contributed by atoms with van der Waals surface area (Å²) in [7, 11) is 1.97. The van der Waals surface area contributed by atoms with Gasteiger partial charge in [-0.1, -0.05) is 76.8 Å². The number of piperidine rings is 2. The van der Waals surface area contributed by atoms with Crippen molar-refractivity contribution in [3.63, 3.8) is 0 Å². The van der Waals surface area contributed by atoms with Gasteiger partial charge in [-0.05, 0) is 86.7 Å². The lowest BCUT2D eigenvalue weighted by atomic mass is 9.94. The summed E-state index contributed by atoms with van der Waals surface area (Å²) in [4.78, 5) is 75.9. The molecule has 2 aromatic heterocycles. The fraction of sp³-hybridized carbons (Fsp3) is 0.500. The summed E-state index contributed by atoms with van der Waals surface area (Å²) >= 11 is 0. The molecule has 1 saturated carbocycles. The van der Waals surface area contributed by atoms with E-state index in [-0.39, 0.29) is 46.4 Å². The van der Waals surface area contributed by atoms with Crippen LogP contribution in [0.1, 0.15) is 101 Å². The summed E-state index contributed by atoms with van der Waals surface area (Å²) in [5.74, 6) is 2.73. The Morgan fingerprint density at radius 1 is 0.973 bits per heavy atom. The molecular formula is C58H71FN10O5. The summed E-state index contributed by atoms with van der Waals surface area (Å²) in [6, 6.07) is 16.9. The first-order valence-corrected chi connectivity index (χ1v) is 26.8. The molecule has 2 N–H and O–H groups in total. The molecule has 3 unspecified atom stereocenters. The number of benzene rings is 3. The van der Waals surface area contributed by atoms with Crippen molar-refractivity contribution in [2.75, 3.05) is 82.4 Å². The summed E-state index contributed by atoms with van der Waals surface area (Å²) < 4.78 is 23.7. The van der Waals surface area contributed by atoms with Gasteiger partial charge < -0.3 is 29.7 Å². The predicted octanol–water partition coefficient (Wildman–Crippen LogP) is 7.43. The number of terminal acetylenes is 1. The number of carbonyl (C=O) groups is 4. The van der Waals surface area contributed by atoms with Gasteiger partial charge in [-0.25, -0.2) is 4.39 Å². The minimum absolute atomic E-state index is 0.0492. The van der Waals surface area contributed by atoms with Crippen molar-refractivity contribution in [3.05, 3.63) is 83.3 Å². The van der Waals surface area contributed by atoms with Crippen molar-refractivity contribution in [2.45, 2.75) is 97.7 Å². The van der Waals surface area contributed by atoms with E-state index in [1.807, 2.05) is 73.5 Å². The molecule has 0 radical (unpaired) electrons. The van der Waals surface area contributed by atoms with Crippen molar-refractivity contribution in [1.82, 2.24) is 40.3 Å². The maximum absolute atomic E-state index is 17.1. The van der Waals surface area contributed by atoms with E-state index in [9.17, 15) is 19.2 Å². The first-order valence-electron chi connectivity index (χ1n) is 26.8. The molecule has 4 fully saturated rings. The molecule has 6 heterocycles. The van der Waals surface area contributed by atoms with Crippen LogP contribution in [0.25, 0.3) is 32.9 Å². The molecule has 5 aliphatic rings. The summed E-state index contributed by atoms with van der Waals surface area (Å²) in [5.41, 5.74) is 3.97. The monoisotopic (exact) mass is 1010 g/mol. The maximum atomic E-state index is 17.1. The van der Waals surface area contributed by atoms with Crippen LogP contribution in [0.3, 0.4) is 0 Å². The second-order valence-electron chi connectivity index (χ2n) is 21.2. The van der Waals surface area contributed by atoms with Crippen LogP contribution in [0.5, 0.6) is 6.01 Å². The molecule has 74 heavy (non-hydrogen) atoms. The zero-order valence-electron chi connectivity index (χ0n) is 43.7. The first-order chi connectivity index (χ1) is 35.9. The van der Waals surface area contributed by atoms with E-state index in [1.165, 1.54) is 6.42 Å². The second kappa shape index (κ2) is 22.8. The number of piperazine rings is 1. The lowest BCUT2D eigenvalue weighted by Crippen LogP contribution is -2.52. The highest BCUT2D eigenvalue weighted by Crippen LogP contribution is 2.47. The Balaban J connectivity index is 0.00000219. The van der Waals surface area contributed by atoms with E-state index in [4.69, 9.17) is 26.1 Å². The van der Waals surface area contributed by atoms with Gasteiger partial charge in [0.15, 0.2) is 5.82 Å². The number of aromatic nitrogens is 3. The van der Waals surface area contributed by atoms with Gasteiger partial charge in [-0.2, -0.15) is 9.97 Å². The number of carbonyl (C=O) groups excluding carboxylic acids is 4. The van der Waals surface area contributed by atoms with Crippen molar-refractivity contribution in [1.29, 1.82) is 0 Å². The van der Waals surface area contributed by atoms with E-state index in [2.05, 4.69) is 52.0 Å². The van der Waals surface area contributed by atoms with Crippen molar-refractivity contribution in [3.8, 4) is 29.6 Å². The number of likely N-dealkylation sites (N-methyl/N-ethyl adjacent to an activating group) is 1. The van der Waals surface area contributed by atoms with Crippen LogP contribution in [0.15, 0.2) is 60.8 Å². The first kappa shape index (κ1) is 52.2. The standard InChI is InChI=1S/C55H63FN10O5.C3H8/c1-5-9-45(51(68)59-34-67)66-30-39-27-41(14-15-42(39)53(66)70)63-20-16-38(17-21-63)52(69)64-24-22-62(23-25-64)32-55(18-19-55)33-71-54-60-49-44(50(61-54)65-29-35(3)26-40(31-65)57-4)28-58-48(47(49)56)43-13-8-12-37-11-7-10-36(6-2)46(37)43;1-3-2/h2,7-8,10-15,27-28,34-35,38,40,45,57H,5,9,16-26,29-33H2,1,3-4H3,(H,59,67,68);3H2,1-2H3. The van der Waals surface area contributed by atoms with Crippen LogP contribution in [-0.4, -0.2) is 138 Å². The molecule has 5 aromatic rings. The van der Waals surface area contributed by atoms with Crippen molar-refractivity contribution >= 4 is 57.3 Å². The van der Waals surface area contributed by atoms with E-state index in [0.29, 0.717) is 85.8 Å². The molecule has 16 heteroatoms. The van der Waals surface area contributed by atoms with Gasteiger partial charge in [0, 0.05) is 117 Å². The minimum atomic E-state index is -0.707. The molecule has 3 aromatic carbocycles. The minimum Gasteiger partial charge on any atom is -0.463 e. The number of nitrogens with one attached hydrogen (secondary N) is 2. The van der Waals surface area contributed by atoms with Crippen LogP contribution in [0, 0.1) is 35.4 Å². The number of imide groups is 1. The number of ether oxygens (including phenoxy) is 1. The number of fused-ring (bicyclic) bond motifs is 3. The molecule has 10 rings (SSSR count). The zero-order chi connectivity index (χ0) is 52.1. The van der Waals surface area contributed by atoms with Crippen molar-refractivity contribution in [2.24, 2.45) is 17.3 Å². The molecule has 3 saturated heterocycles. The Morgan fingerprint density at radius 2 is 1.72 bits per heavy atom. The highest BCUT2D eigenvalue weighted by atomic mass is 19.1. The molecule has 0 spiro atoms. The number of anilines is 2. The number of halogens is 1. The largest absolute Gasteiger partial charge is 0.463 e. The maximum Gasteiger partial charge on any atom is 0.319 e. The zero-order valence-corrected chi connectivity index (χ0v) is 43.7. The molecule has 1 aliphatic carbocycles. The molecule has 3 atom stereocenters. The Bertz CT molecular complexity index is 2920. The number of hydrogen-bond acceptors (Lipinski definition) is 12. The van der Waals surface area contributed by atoms with Gasteiger partial charge >= 0.3 is 6.01 Å². The van der Waals surface area contributed by atoms with Crippen molar-refractivity contribution < 1.29 is 28.3 Å². The summed E-state index contributed by atoms with van der Waals surface area (Å²) in [6.07, 6.45) is 14.9. The fourth-order valence-electron chi connectivity index (χ4n) is 11.5. The number of rotatable bonds is 15. The number of amides is 4. The Kier molecular flexibility index (Phi) is 16.1. The molecule has 4 amide bonds. The normalized spacial score (nSPS) is 20.1. The number of pyridine rings is 1. The lowest BCUT2D eigenvalue weighted by molar-refractivity contribution is -0.138. The Hall–Kier alpha value is -6.70. The van der Waals surface area contributed by atoms with E-state index in [1.54, 1.807) is 11.1 Å². The quantitative estimate of drug-likeness (QED) is 0.0792. The van der Waals surface area contributed by atoms with E-state index < -0.39 is 17.8 Å². The highest BCUT2D eigenvalue weighted by molar-refractivity contribution is 6.03. The van der Waals surface area contributed by atoms with Crippen LogP contribution >= 0.6 is 0 Å². The topological polar surface area (TPSA) is 156 Å². The predicted molar refractivity (Wildman–Crippen MR) is 287 cm³/mol. The highest BCUT2D eigenvalue weighted by Gasteiger charge is 2.46. The second-order valence-corrected chi connectivity index (χ2v) is 21.2. The Morgan fingerprint density at radius 3 is 2.41 bits per heavy atom. The van der Waals surface area contributed by atoms with E-state index in [0.717, 1.165) is 93.4 Å². The van der Waals surface area contributed by atoms with Gasteiger partial charge in [-0.15, -0.1) is 6.42 Å². The molecule has 390 valence electrons. The lowest BCUT2D eigenvalue weighted by Gasteiger charge is -2.40. The average Bonchev–Trinajstić information content (AvgIpc) is 4.11. The van der Waals surface area contributed by atoms with Crippen LogP contribution in [-0.2, 0) is 20.9 Å². The van der Waals surface area contributed by atoms with Crippen LogP contribution in [0.2, 0.25) is 0 Å². The van der Waals surface area contributed by atoms with Gasteiger partial charge in [0.05, 0.1) is 12.0 Å². The Labute approximate surface area is 434 Å². The fourth-order valence-corrected chi connectivity index (χ4v) is 11.5. The number of nitrogens with zero attached hydrogens (tertiary/aromatic N) is 8. The van der Waals surface area contributed by atoms with Gasteiger partial charge in [0.1, 0.15) is 23.1 Å². The van der Waals surface area contributed by atoms with Crippen LogP contribution < -0.4 is 25.2 Å². The van der Waals surface area contributed by atoms with Gasteiger partial charge in [-0.3, -0.25) is 34.4 Å². The third kappa shape index (κ3) is 10.9. The average molecular weight is 1010 g/mol. The third-order valence-electron chi connectivity index (χ3n) is 15.6. The molecule has 0 bridgehead atoms. The molecular weight excluding hydrogens is 936 g/mol. The SMILES string of the molecule is C#Cc1cccc2cccc(-c3ncc4c(N5CC(C)CC(NC)C5)nc(OCC5(CN6CCN(C(=O)C7CCN(c8ccc9c(c8)CN(C(CCC)C(=O)NC=O)C9=O)CC7)CC6)CC5)nc4c3F)c12.CCC. The number of hydrogen-bond donors (Lipinski definition) is 2. The molecule has 4 aliphatic heterocycles. The van der Waals surface area contributed by atoms with E-state index >= 15 is 4.39 Å².